The highest BCUT2D eigenvalue weighted by Gasteiger charge is 2.53. The Kier molecular flexibility index (Phi) is 6.27. The molecule has 0 unspecified atom stereocenters. The third kappa shape index (κ3) is 4.22. The number of nitrogens with two attached hydrogens (primary N) is 1. The Labute approximate surface area is 167 Å². The summed E-state index contributed by atoms with van der Waals surface area (Å²) in [4.78, 5) is 25.0. The highest BCUT2D eigenvalue weighted by atomic mass is 35.5. The molecule has 4 bridgehead atoms. The lowest BCUT2D eigenvalue weighted by Crippen LogP contribution is -2.50. The summed E-state index contributed by atoms with van der Waals surface area (Å²) in [6.45, 7) is -0.133. The monoisotopic (exact) mass is 391 g/mol. The summed E-state index contributed by atoms with van der Waals surface area (Å²) < 4.78 is 5.54. The minimum Gasteiger partial charge on any atom is -0.457 e. The van der Waals surface area contributed by atoms with Crippen molar-refractivity contribution in [1.29, 1.82) is 0 Å². The molecule has 5 heteroatoms. The molecule has 0 amide bonds. The number of ketones is 1. The van der Waals surface area contributed by atoms with Crippen molar-refractivity contribution < 1.29 is 14.3 Å². The molecule has 1 aromatic carbocycles. The predicted molar refractivity (Wildman–Crippen MR) is 106 cm³/mol. The third-order valence-corrected chi connectivity index (χ3v) is 6.88. The molecule has 0 spiro atoms. The van der Waals surface area contributed by atoms with E-state index in [0.717, 1.165) is 42.6 Å². The second-order valence-corrected chi connectivity index (χ2v) is 8.75. The Morgan fingerprint density at radius 3 is 2.11 bits per heavy atom. The van der Waals surface area contributed by atoms with Crippen molar-refractivity contribution in [2.45, 2.75) is 57.5 Å². The molecule has 148 valence electrons. The van der Waals surface area contributed by atoms with Crippen molar-refractivity contribution in [2.24, 2.45) is 28.9 Å². The fraction of sp³-hybridized carbons (Fsp3) is 0.636. The SMILES string of the molecule is Cl.NCC(=O)O[C@H](CCC(=O)C12CC3CC(CC(C3)C1)C2)c1ccccc1. The van der Waals surface area contributed by atoms with Gasteiger partial charge in [-0.2, -0.15) is 0 Å². The van der Waals surface area contributed by atoms with Crippen LogP contribution in [0, 0.1) is 23.2 Å². The Balaban J connectivity index is 0.00000210. The zero-order valence-electron chi connectivity index (χ0n) is 15.8. The van der Waals surface area contributed by atoms with Crippen LogP contribution < -0.4 is 5.73 Å². The maximum absolute atomic E-state index is 13.2. The number of carbonyl (C=O) groups excluding carboxylic acids is 2. The minimum atomic E-state index is -0.416. The lowest BCUT2D eigenvalue weighted by molar-refractivity contribution is -0.151. The van der Waals surface area contributed by atoms with Gasteiger partial charge in [-0.3, -0.25) is 9.59 Å². The molecule has 4 nitrogen and oxygen atoms in total. The van der Waals surface area contributed by atoms with Gasteiger partial charge >= 0.3 is 5.97 Å². The van der Waals surface area contributed by atoms with Crippen molar-refractivity contribution >= 4 is 24.2 Å². The van der Waals surface area contributed by atoms with E-state index in [1.54, 1.807) is 0 Å². The van der Waals surface area contributed by atoms with Crippen LogP contribution in [0.4, 0.5) is 0 Å². The van der Waals surface area contributed by atoms with Gasteiger partial charge in [-0.15, -0.1) is 12.4 Å². The normalized spacial score (nSPS) is 31.8. The third-order valence-electron chi connectivity index (χ3n) is 6.88. The van der Waals surface area contributed by atoms with Gasteiger partial charge in [0.25, 0.3) is 0 Å². The molecule has 4 fully saturated rings. The van der Waals surface area contributed by atoms with Crippen molar-refractivity contribution in [3.63, 3.8) is 0 Å². The summed E-state index contributed by atoms with van der Waals surface area (Å²) in [5.41, 5.74) is 6.28. The Morgan fingerprint density at radius 2 is 1.59 bits per heavy atom. The number of hydrogen-bond donors (Lipinski definition) is 1. The molecule has 0 aromatic heterocycles. The fourth-order valence-electron chi connectivity index (χ4n) is 6.15. The van der Waals surface area contributed by atoms with E-state index in [9.17, 15) is 9.59 Å². The van der Waals surface area contributed by atoms with Crippen LogP contribution in [-0.4, -0.2) is 18.3 Å². The van der Waals surface area contributed by atoms with Crippen LogP contribution in [0.15, 0.2) is 30.3 Å². The first-order chi connectivity index (χ1) is 12.6. The summed E-state index contributed by atoms with van der Waals surface area (Å²) in [6.07, 6.45) is 7.96. The van der Waals surface area contributed by atoms with Crippen LogP contribution in [0.3, 0.4) is 0 Å². The summed E-state index contributed by atoms with van der Waals surface area (Å²) in [6, 6.07) is 9.69. The fourth-order valence-corrected chi connectivity index (χ4v) is 6.15. The molecule has 2 N–H and O–H groups in total. The highest BCUT2D eigenvalue weighted by Crippen LogP contribution is 2.60. The molecule has 0 saturated heterocycles. The Bertz CT molecular complexity index is 640. The molecule has 4 saturated carbocycles. The second-order valence-electron chi connectivity index (χ2n) is 8.75. The van der Waals surface area contributed by atoms with Gasteiger partial charge in [-0.05, 0) is 68.3 Å². The van der Waals surface area contributed by atoms with E-state index in [1.165, 1.54) is 19.3 Å². The van der Waals surface area contributed by atoms with E-state index in [4.69, 9.17) is 10.5 Å². The standard InChI is InChI=1S/C22H29NO3.ClH/c23-14-21(25)26-19(18-4-2-1-3-5-18)6-7-20(24)22-11-15-8-16(12-22)10-17(9-15)13-22;/h1-5,15-17,19H,6-14,23H2;1H/t15?,16?,17?,19-,22?;/m1./s1. The summed E-state index contributed by atoms with van der Waals surface area (Å²) >= 11 is 0. The molecule has 27 heavy (non-hydrogen) atoms. The van der Waals surface area contributed by atoms with Gasteiger partial charge in [0, 0.05) is 11.8 Å². The molecule has 0 aliphatic heterocycles. The van der Waals surface area contributed by atoms with Gasteiger partial charge in [0.2, 0.25) is 0 Å². The lowest BCUT2D eigenvalue weighted by Gasteiger charge is -2.56. The van der Waals surface area contributed by atoms with Crippen molar-refractivity contribution in [1.82, 2.24) is 0 Å². The molecule has 0 radical (unpaired) electrons. The van der Waals surface area contributed by atoms with E-state index >= 15 is 0 Å². The zero-order chi connectivity index (χ0) is 18.1. The zero-order valence-corrected chi connectivity index (χ0v) is 16.6. The summed E-state index contributed by atoms with van der Waals surface area (Å²) in [7, 11) is 0. The molecule has 4 aliphatic carbocycles. The van der Waals surface area contributed by atoms with Gasteiger partial charge < -0.3 is 10.5 Å². The van der Waals surface area contributed by atoms with Crippen molar-refractivity contribution in [3.8, 4) is 0 Å². The molecule has 0 heterocycles. The first-order valence-corrected chi connectivity index (χ1v) is 10.1. The van der Waals surface area contributed by atoms with Crippen molar-refractivity contribution in [2.75, 3.05) is 6.54 Å². The number of benzene rings is 1. The van der Waals surface area contributed by atoms with E-state index in [2.05, 4.69) is 0 Å². The van der Waals surface area contributed by atoms with Crippen LogP contribution in [0.2, 0.25) is 0 Å². The molecule has 5 rings (SSSR count). The first kappa shape index (κ1) is 20.3. The van der Waals surface area contributed by atoms with Gasteiger partial charge in [-0.1, -0.05) is 30.3 Å². The number of hydrogen-bond acceptors (Lipinski definition) is 4. The van der Waals surface area contributed by atoms with E-state index in [0.29, 0.717) is 18.6 Å². The number of ether oxygens (including phenoxy) is 1. The number of esters is 1. The minimum absolute atomic E-state index is 0. The quantitative estimate of drug-likeness (QED) is 0.706. The molecular weight excluding hydrogens is 362 g/mol. The van der Waals surface area contributed by atoms with Gasteiger partial charge in [0.05, 0.1) is 6.54 Å². The van der Waals surface area contributed by atoms with Gasteiger partial charge in [0.15, 0.2) is 0 Å². The number of carbonyl (C=O) groups is 2. The topological polar surface area (TPSA) is 69.4 Å². The average Bonchev–Trinajstić information content (AvgIpc) is 2.64. The van der Waals surface area contributed by atoms with Crippen LogP contribution in [0.1, 0.15) is 63.0 Å². The average molecular weight is 392 g/mol. The van der Waals surface area contributed by atoms with E-state index < -0.39 is 5.97 Å². The van der Waals surface area contributed by atoms with Crippen molar-refractivity contribution in [3.05, 3.63) is 35.9 Å². The number of rotatable bonds is 7. The van der Waals surface area contributed by atoms with Crippen LogP contribution in [0.25, 0.3) is 0 Å². The van der Waals surface area contributed by atoms with Crippen LogP contribution in [0.5, 0.6) is 0 Å². The van der Waals surface area contributed by atoms with E-state index in [1.807, 2.05) is 30.3 Å². The maximum Gasteiger partial charge on any atom is 0.320 e. The van der Waals surface area contributed by atoms with Gasteiger partial charge in [-0.25, -0.2) is 0 Å². The van der Waals surface area contributed by atoms with Crippen LogP contribution in [-0.2, 0) is 14.3 Å². The Morgan fingerprint density at radius 1 is 1.04 bits per heavy atom. The number of halogens is 1. The Hall–Kier alpha value is -1.39. The molecule has 4 aliphatic rings. The largest absolute Gasteiger partial charge is 0.457 e. The molecular formula is C22H30ClNO3. The van der Waals surface area contributed by atoms with Gasteiger partial charge in [0.1, 0.15) is 11.9 Å². The predicted octanol–water partition coefficient (Wildman–Crippen LogP) is 4.22. The summed E-state index contributed by atoms with van der Waals surface area (Å²) in [5.74, 6) is 2.29. The first-order valence-electron chi connectivity index (χ1n) is 10.1. The maximum atomic E-state index is 13.2. The molecule has 1 atom stereocenters. The van der Waals surface area contributed by atoms with Crippen LogP contribution >= 0.6 is 12.4 Å². The number of Topliss-reactive ketones (excluding diaryl/α,β-unsaturated/α-hetero) is 1. The smallest absolute Gasteiger partial charge is 0.320 e. The summed E-state index contributed by atoms with van der Waals surface area (Å²) in [5, 5.41) is 0. The van der Waals surface area contributed by atoms with E-state index in [-0.39, 0.29) is 30.5 Å². The lowest BCUT2D eigenvalue weighted by atomic mass is 9.48. The second kappa shape index (κ2) is 8.32. The highest BCUT2D eigenvalue weighted by molar-refractivity contribution is 5.85. The molecule has 1 aromatic rings.